The lowest BCUT2D eigenvalue weighted by Gasteiger charge is -2.34. The Bertz CT molecular complexity index is 625. The molecule has 1 saturated heterocycles. The first-order valence-electron chi connectivity index (χ1n) is 7.04. The van der Waals surface area contributed by atoms with E-state index in [0.29, 0.717) is 25.9 Å². The first kappa shape index (κ1) is 16.9. The number of aliphatic carboxylic acids is 1. The van der Waals surface area contributed by atoms with Crippen molar-refractivity contribution in [1.29, 1.82) is 0 Å². The van der Waals surface area contributed by atoms with Gasteiger partial charge in [-0.2, -0.15) is 0 Å². The minimum absolute atomic E-state index is 0.0234. The number of benzene rings is 1. The fourth-order valence-corrected chi connectivity index (χ4v) is 3.77. The van der Waals surface area contributed by atoms with Crippen LogP contribution >= 0.6 is 0 Å². The molecule has 0 unspecified atom stereocenters. The summed E-state index contributed by atoms with van der Waals surface area (Å²) in [6.07, 6.45) is 1.08. The van der Waals surface area contributed by atoms with Crippen molar-refractivity contribution in [3.8, 4) is 0 Å². The van der Waals surface area contributed by atoms with E-state index in [0.717, 1.165) is 12.1 Å². The number of nitrogens with one attached hydrogen (secondary N) is 1. The Balaban J connectivity index is 1.95. The third-order valence-electron chi connectivity index (χ3n) is 3.88. The van der Waals surface area contributed by atoms with Crippen molar-refractivity contribution in [2.45, 2.75) is 36.7 Å². The first-order valence-corrected chi connectivity index (χ1v) is 8.52. The Hall–Kier alpha value is -1.51. The second-order valence-electron chi connectivity index (χ2n) is 5.40. The van der Waals surface area contributed by atoms with Gasteiger partial charge in [0.1, 0.15) is 11.9 Å². The summed E-state index contributed by atoms with van der Waals surface area (Å²) < 4.78 is 39.8. The van der Waals surface area contributed by atoms with E-state index in [1.54, 1.807) is 6.92 Å². The molecule has 0 saturated carbocycles. The standard InChI is InChI=1S/C14H19FN2O4S/c1-10(14(18)19)17-8-6-12(7-9-17)16-22(20,21)13-4-2-11(15)3-5-13/h2-5,10,12,16H,6-9H2,1H3,(H,18,19)/t10-/m1/s1. The Morgan fingerprint density at radius 3 is 2.36 bits per heavy atom. The summed E-state index contributed by atoms with van der Waals surface area (Å²) in [5, 5.41) is 8.97. The molecule has 0 bridgehead atoms. The largest absolute Gasteiger partial charge is 0.480 e. The number of carbonyl (C=O) groups is 1. The number of likely N-dealkylation sites (tertiary alicyclic amines) is 1. The maximum absolute atomic E-state index is 12.8. The lowest BCUT2D eigenvalue weighted by molar-refractivity contribution is -0.143. The average Bonchev–Trinajstić information content (AvgIpc) is 2.47. The van der Waals surface area contributed by atoms with Crippen LogP contribution in [0, 0.1) is 5.82 Å². The van der Waals surface area contributed by atoms with Crippen LogP contribution in [-0.4, -0.2) is 49.6 Å². The van der Waals surface area contributed by atoms with Gasteiger partial charge in [0.05, 0.1) is 4.90 Å². The highest BCUT2D eigenvalue weighted by Gasteiger charge is 2.28. The van der Waals surface area contributed by atoms with Crippen molar-refractivity contribution in [3.63, 3.8) is 0 Å². The summed E-state index contributed by atoms with van der Waals surface area (Å²) in [5.74, 6) is -1.37. The van der Waals surface area contributed by atoms with E-state index in [-0.39, 0.29) is 10.9 Å². The van der Waals surface area contributed by atoms with E-state index in [1.807, 2.05) is 4.90 Å². The first-order chi connectivity index (χ1) is 10.3. The number of nitrogens with zero attached hydrogens (tertiary/aromatic N) is 1. The van der Waals surface area contributed by atoms with E-state index in [2.05, 4.69) is 4.72 Å². The Kier molecular flexibility index (Phi) is 5.15. The molecule has 6 nitrogen and oxygen atoms in total. The number of rotatable bonds is 5. The van der Waals surface area contributed by atoms with Crippen molar-refractivity contribution in [2.24, 2.45) is 0 Å². The summed E-state index contributed by atoms with van der Waals surface area (Å²) >= 11 is 0. The van der Waals surface area contributed by atoms with Gasteiger partial charge in [0.25, 0.3) is 0 Å². The van der Waals surface area contributed by atoms with Crippen LogP contribution in [0.3, 0.4) is 0 Å². The zero-order valence-corrected chi connectivity index (χ0v) is 13.0. The van der Waals surface area contributed by atoms with E-state index in [9.17, 15) is 17.6 Å². The summed E-state index contributed by atoms with van der Waals surface area (Å²) in [6.45, 7) is 2.65. The molecular formula is C14H19FN2O4S. The molecule has 1 aromatic rings. The Labute approximate surface area is 129 Å². The summed E-state index contributed by atoms with van der Waals surface area (Å²) in [5.41, 5.74) is 0. The number of halogens is 1. The lowest BCUT2D eigenvalue weighted by atomic mass is 10.0. The molecule has 2 rings (SSSR count). The van der Waals surface area contributed by atoms with E-state index in [4.69, 9.17) is 5.11 Å². The van der Waals surface area contributed by atoms with Crippen LogP contribution in [0.25, 0.3) is 0 Å². The molecule has 1 atom stereocenters. The van der Waals surface area contributed by atoms with Gasteiger partial charge < -0.3 is 5.11 Å². The molecule has 1 heterocycles. The van der Waals surface area contributed by atoms with Crippen LogP contribution < -0.4 is 4.72 Å². The number of carboxylic acids is 1. The van der Waals surface area contributed by atoms with Gasteiger partial charge in [-0.3, -0.25) is 9.69 Å². The number of piperidine rings is 1. The average molecular weight is 330 g/mol. The molecule has 0 aliphatic carbocycles. The second kappa shape index (κ2) is 6.72. The van der Waals surface area contributed by atoms with Crippen LogP contribution in [0.2, 0.25) is 0 Å². The van der Waals surface area contributed by atoms with Crippen LogP contribution in [0.15, 0.2) is 29.2 Å². The van der Waals surface area contributed by atoms with Gasteiger partial charge in [0.2, 0.25) is 10.0 Å². The van der Waals surface area contributed by atoms with Crippen LogP contribution in [-0.2, 0) is 14.8 Å². The van der Waals surface area contributed by atoms with E-state index in [1.165, 1.54) is 12.1 Å². The van der Waals surface area contributed by atoms with E-state index >= 15 is 0 Å². The molecule has 2 N–H and O–H groups in total. The molecule has 0 amide bonds. The number of hydrogen-bond donors (Lipinski definition) is 2. The maximum atomic E-state index is 12.8. The predicted octanol–water partition coefficient (Wildman–Crippen LogP) is 1.04. The van der Waals surface area contributed by atoms with Crippen LogP contribution in [0.1, 0.15) is 19.8 Å². The molecule has 1 aromatic carbocycles. The summed E-state index contributed by atoms with van der Waals surface area (Å²) in [4.78, 5) is 12.8. The normalized spacial score (nSPS) is 19.0. The van der Waals surface area contributed by atoms with Gasteiger partial charge in [-0.1, -0.05) is 0 Å². The highest BCUT2D eigenvalue weighted by Crippen LogP contribution is 2.17. The molecule has 122 valence electrons. The predicted molar refractivity (Wildman–Crippen MR) is 78.4 cm³/mol. The van der Waals surface area contributed by atoms with Gasteiger partial charge in [-0.25, -0.2) is 17.5 Å². The molecule has 0 aromatic heterocycles. The number of sulfonamides is 1. The van der Waals surface area contributed by atoms with Gasteiger partial charge in [0, 0.05) is 19.1 Å². The molecular weight excluding hydrogens is 311 g/mol. The molecule has 0 spiro atoms. The fourth-order valence-electron chi connectivity index (χ4n) is 2.46. The Morgan fingerprint density at radius 1 is 1.32 bits per heavy atom. The SMILES string of the molecule is C[C@H](C(=O)O)N1CCC(NS(=O)(=O)c2ccc(F)cc2)CC1. The molecule has 22 heavy (non-hydrogen) atoms. The summed E-state index contributed by atoms with van der Waals surface area (Å²) in [6, 6.07) is 3.83. The Morgan fingerprint density at radius 2 is 1.86 bits per heavy atom. The molecule has 8 heteroatoms. The van der Waals surface area contributed by atoms with Crippen LogP contribution in [0.5, 0.6) is 0 Å². The van der Waals surface area contributed by atoms with Crippen molar-refractivity contribution < 1.29 is 22.7 Å². The molecule has 1 aliphatic rings. The van der Waals surface area contributed by atoms with Crippen molar-refractivity contribution in [3.05, 3.63) is 30.1 Å². The van der Waals surface area contributed by atoms with Crippen molar-refractivity contribution in [2.75, 3.05) is 13.1 Å². The zero-order chi connectivity index (χ0) is 16.3. The quantitative estimate of drug-likeness (QED) is 0.842. The maximum Gasteiger partial charge on any atom is 0.320 e. The number of hydrogen-bond acceptors (Lipinski definition) is 4. The second-order valence-corrected chi connectivity index (χ2v) is 7.11. The molecule has 0 radical (unpaired) electrons. The highest BCUT2D eigenvalue weighted by molar-refractivity contribution is 7.89. The highest BCUT2D eigenvalue weighted by atomic mass is 32.2. The monoisotopic (exact) mass is 330 g/mol. The van der Waals surface area contributed by atoms with Gasteiger partial charge in [-0.05, 0) is 44.0 Å². The van der Waals surface area contributed by atoms with Gasteiger partial charge >= 0.3 is 5.97 Å². The fraction of sp³-hybridized carbons (Fsp3) is 0.500. The zero-order valence-electron chi connectivity index (χ0n) is 12.2. The molecule has 1 aliphatic heterocycles. The van der Waals surface area contributed by atoms with Gasteiger partial charge in [0.15, 0.2) is 0 Å². The topological polar surface area (TPSA) is 86.7 Å². The lowest BCUT2D eigenvalue weighted by Crippen LogP contribution is -2.49. The minimum atomic E-state index is -3.68. The molecule has 1 fully saturated rings. The minimum Gasteiger partial charge on any atom is -0.480 e. The van der Waals surface area contributed by atoms with Crippen molar-refractivity contribution in [1.82, 2.24) is 9.62 Å². The third kappa shape index (κ3) is 4.02. The smallest absolute Gasteiger partial charge is 0.320 e. The third-order valence-corrected chi connectivity index (χ3v) is 5.42. The summed E-state index contributed by atoms with van der Waals surface area (Å²) in [7, 11) is -3.68. The number of carboxylic acid groups (broad SMARTS) is 1. The van der Waals surface area contributed by atoms with Crippen LogP contribution in [0.4, 0.5) is 4.39 Å². The van der Waals surface area contributed by atoms with Gasteiger partial charge in [-0.15, -0.1) is 0 Å². The van der Waals surface area contributed by atoms with E-state index < -0.39 is 27.9 Å². The van der Waals surface area contributed by atoms with Crippen molar-refractivity contribution >= 4 is 16.0 Å².